The van der Waals surface area contributed by atoms with Crippen molar-refractivity contribution >= 4 is 11.6 Å². The van der Waals surface area contributed by atoms with Crippen LogP contribution in [0.3, 0.4) is 0 Å². The van der Waals surface area contributed by atoms with Crippen LogP contribution >= 0.6 is 11.6 Å². The SMILES string of the molecule is COc1ccc(C(N)c2ccc(Cl)cc2OC)cc1OC. The van der Waals surface area contributed by atoms with Crippen molar-refractivity contribution in [3.8, 4) is 17.2 Å². The third kappa shape index (κ3) is 3.23. The van der Waals surface area contributed by atoms with Gasteiger partial charge < -0.3 is 19.9 Å². The van der Waals surface area contributed by atoms with Crippen molar-refractivity contribution in [2.45, 2.75) is 6.04 Å². The Labute approximate surface area is 129 Å². The van der Waals surface area contributed by atoms with Crippen molar-refractivity contribution in [1.82, 2.24) is 0 Å². The Balaban J connectivity index is 2.42. The molecule has 0 bridgehead atoms. The van der Waals surface area contributed by atoms with Crippen molar-refractivity contribution in [2.75, 3.05) is 21.3 Å². The molecule has 2 rings (SSSR count). The van der Waals surface area contributed by atoms with Crippen LogP contribution in [0.25, 0.3) is 0 Å². The van der Waals surface area contributed by atoms with Gasteiger partial charge in [0.1, 0.15) is 5.75 Å². The zero-order chi connectivity index (χ0) is 15.4. The van der Waals surface area contributed by atoms with Crippen molar-refractivity contribution in [1.29, 1.82) is 0 Å². The van der Waals surface area contributed by atoms with Crippen LogP contribution in [-0.4, -0.2) is 21.3 Å². The normalized spacial score (nSPS) is 11.9. The van der Waals surface area contributed by atoms with Gasteiger partial charge in [0.15, 0.2) is 11.5 Å². The molecule has 2 aromatic rings. The molecule has 0 heterocycles. The summed E-state index contributed by atoms with van der Waals surface area (Å²) in [5.41, 5.74) is 8.09. The van der Waals surface area contributed by atoms with Crippen LogP contribution in [0.4, 0.5) is 0 Å². The zero-order valence-electron chi connectivity index (χ0n) is 12.2. The van der Waals surface area contributed by atoms with E-state index in [2.05, 4.69) is 0 Å². The molecular weight excluding hydrogens is 290 g/mol. The molecule has 0 aliphatic rings. The summed E-state index contributed by atoms with van der Waals surface area (Å²) < 4.78 is 15.9. The molecule has 0 aromatic heterocycles. The number of rotatable bonds is 5. The lowest BCUT2D eigenvalue weighted by Crippen LogP contribution is -2.13. The number of nitrogens with two attached hydrogens (primary N) is 1. The molecule has 2 aromatic carbocycles. The molecule has 2 N–H and O–H groups in total. The van der Waals surface area contributed by atoms with E-state index in [-0.39, 0.29) is 6.04 Å². The maximum absolute atomic E-state index is 6.34. The predicted molar refractivity (Wildman–Crippen MR) is 83.6 cm³/mol. The second-order valence-electron chi connectivity index (χ2n) is 4.48. The Morgan fingerprint density at radius 1 is 0.857 bits per heavy atom. The van der Waals surface area contributed by atoms with E-state index in [1.54, 1.807) is 33.5 Å². The van der Waals surface area contributed by atoms with Gasteiger partial charge in [0.25, 0.3) is 0 Å². The highest BCUT2D eigenvalue weighted by atomic mass is 35.5. The first kappa shape index (κ1) is 15.5. The van der Waals surface area contributed by atoms with Crippen LogP contribution in [0, 0.1) is 0 Å². The van der Waals surface area contributed by atoms with E-state index in [4.69, 9.17) is 31.5 Å². The highest BCUT2D eigenvalue weighted by Crippen LogP contribution is 2.34. The third-order valence-corrected chi connectivity index (χ3v) is 3.53. The van der Waals surface area contributed by atoms with E-state index in [1.807, 2.05) is 24.3 Å². The minimum atomic E-state index is -0.350. The molecule has 0 aliphatic carbocycles. The van der Waals surface area contributed by atoms with Crippen LogP contribution in [0.5, 0.6) is 17.2 Å². The van der Waals surface area contributed by atoms with E-state index < -0.39 is 0 Å². The monoisotopic (exact) mass is 307 g/mol. The quantitative estimate of drug-likeness (QED) is 0.919. The first-order valence-electron chi connectivity index (χ1n) is 6.41. The molecule has 0 amide bonds. The Hall–Kier alpha value is -1.91. The molecule has 0 spiro atoms. The highest BCUT2D eigenvalue weighted by molar-refractivity contribution is 6.30. The largest absolute Gasteiger partial charge is 0.496 e. The van der Waals surface area contributed by atoms with Crippen molar-refractivity contribution in [2.24, 2.45) is 5.73 Å². The molecule has 112 valence electrons. The molecule has 1 atom stereocenters. The first-order valence-corrected chi connectivity index (χ1v) is 6.79. The van der Waals surface area contributed by atoms with E-state index in [0.717, 1.165) is 11.1 Å². The number of benzene rings is 2. The number of hydrogen-bond donors (Lipinski definition) is 1. The van der Waals surface area contributed by atoms with Gasteiger partial charge in [-0.25, -0.2) is 0 Å². The van der Waals surface area contributed by atoms with Crippen LogP contribution in [0.1, 0.15) is 17.2 Å². The molecule has 0 aliphatic heterocycles. The van der Waals surface area contributed by atoms with Gasteiger partial charge in [-0.3, -0.25) is 0 Å². The number of halogens is 1. The van der Waals surface area contributed by atoms with Crippen molar-refractivity contribution < 1.29 is 14.2 Å². The van der Waals surface area contributed by atoms with Gasteiger partial charge in [-0.15, -0.1) is 0 Å². The summed E-state index contributed by atoms with van der Waals surface area (Å²) in [6.07, 6.45) is 0. The molecule has 0 saturated carbocycles. The number of methoxy groups -OCH3 is 3. The maximum atomic E-state index is 6.34. The van der Waals surface area contributed by atoms with Crippen molar-refractivity contribution in [3.63, 3.8) is 0 Å². The first-order chi connectivity index (χ1) is 10.1. The average Bonchev–Trinajstić information content (AvgIpc) is 2.53. The second kappa shape index (κ2) is 6.70. The zero-order valence-corrected chi connectivity index (χ0v) is 13.0. The molecular formula is C16H18ClNO3. The summed E-state index contributed by atoms with van der Waals surface area (Å²) in [4.78, 5) is 0. The molecule has 1 unspecified atom stereocenters. The Kier molecular flexibility index (Phi) is 4.94. The van der Waals surface area contributed by atoms with Gasteiger partial charge >= 0.3 is 0 Å². The van der Waals surface area contributed by atoms with Gasteiger partial charge in [0.2, 0.25) is 0 Å². The lowest BCUT2D eigenvalue weighted by atomic mass is 9.98. The Bertz CT molecular complexity index is 631. The lowest BCUT2D eigenvalue weighted by Gasteiger charge is -2.18. The van der Waals surface area contributed by atoms with Gasteiger partial charge in [-0.05, 0) is 29.8 Å². The van der Waals surface area contributed by atoms with Gasteiger partial charge in [-0.1, -0.05) is 23.7 Å². The smallest absolute Gasteiger partial charge is 0.161 e. The Morgan fingerprint density at radius 3 is 2.14 bits per heavy atom. The summed E-state index contributed by atoms with van der Waals surface area (Å²) in [5.74, 6) is 1.96. The molecule has 0 fully saturated rings. The minimum absolute atomic E-state index is 0.350. The summed E-state index contributed by atoms with van der Waals surface area (Å²) in [6.45, 7) is 0. The fourth-order valence-electron chi connectivity index (χ4n) is 2.17. The van der Waals surface area contributed by atoms with E-state index in [1.165, 1.54) is 0 Å². The second-order valence-corrected chi connectivity index (χ2v) is 4.91. The van der Waals surface area contributed by atoms with E-state index in [0.29, 0.717) is 22.3 Å². The average molecular weight is 308 g/mol. The standard InChI is InChI=1S/C16H18ClNO3/c1-19-13-7-4-10(8-15(13)21-3)16(18)12-6-5-11(17)9-14(12)20-2/h4-9,16H,18H2,1-3H3. The van der Waals surface area contributed by atoms with Crippen LogP contribution in [0.15, 0.2) is 36.4 Å². The molecule has 5 heteroatoms. The predicted octanol–water partition coefficient (Wildman–Crippen LogP) is 3.41. The molecule has 4 nitrogen and oxygen atoms in total. The third-order valence-electron chi connectivity index (χ3n) is 3.30. The topological polar surface area (TPSA) is 53.7 Å². The fraction of sp³-hybridized carbons (Fsp3) is 0.250. The molecule has 0 radical (unpaired) electrons. The molecule has 21 heavy (non-hydrogen) atoms. The maximum Gasteiger partial charge on any atom is 0.161 e. The molecule has 0 saturated heterocycles. The summed E-state index contributed by atoms with van der Waals surface area (Å²) in [7, 11) is 4.78. The Morgan fingerprint density at radius 2 is 1.52 bits per heavy atom. The summed E-state index contributed by atoms with van der Waals surface area (Å²) >= 11 is 5.98. The van der Waals surface area contributed by atoms with Gasteiger partial charge in [0.05, 0.1) is 27.4 Å². The summed E-state index contributed by atoms with van der Waals surface area (Å²) in [5, 5.41) is 0.607. The lowest BCUT2D eigenvalue weighted by molar-refractivity contribution is 0.354. The van der Waals surface area contributed by atoms with E-state index >= 15 is 0 Å². The number of ether oxygens (including phenoxy) is 3. The number of hydrogen-bond acceptors (Lipinski definition) is 4. The van der Waals surface area contributed by atoms with Crippen LogP contribution < -0.4 is 19.9 Å². The fourth-order valence-corrected chi connectivity index (χ4v) is 2.33. The van der Waals surface area contributed by atoms with Crippen molar-refractivity contribution in [3.05, 3.63) is 52.5 Å². The van der Waals surface area contributed by atoms with Crippen LogP contribution in [-0.2, 0) is 0 Å². The van der Waals surface area contributed by atoms with Gasteiger partial charge in [-0.2, -0.15) is 0 Å². The van der Waals surface area contributed by atoms with Gasteiger partial charge in [0, 0.05) is 10.6 Å². The van der Waals surface area contributed by atoms with E-state index in [9.17, 15) is 0 Å². The highest BCUT2D eigenvalue weighted by Gasteiger charge is 2.16. The summed E-state index contributed by atoms with van der Waals surface area (Å²) in [6, 6.07) is 10.6. The van der Waals surface area contributed by atoms with Crippen LogP contribution in [0.2, 0.25) is 5.02 Å². The minimum Gasteiger partial charge on any atom is -0.496 e.